The lowest BCUT2D eigenvalue weighted by Crippen LogP contribution is -2.47. The number of pyridine rings is 2. The number of fused-ring (bicyclic) bond motifs is 4. The van der Waals surface area contributed by atoms with E-state index < -0.39 is 0 Å². The first-order valence-electron chi connectivity index (χ1n) is 12.9. The molecule has 2 aromatic heterocycles. The Morgan fingerprint density at radius 1 is 0.919 bits per heavy atom. The zero-order chi connectivity index (χ0) is 25.4. The van der Waals surface area contributed by atoms with Crippen LogP contribution in [0.2, 0.25) is 0 Å². The number of aromatic nitrogens is 2. The van der Waals surface area contributed by atoms with Crippen molar-refractivity contribution in [2.45, 2.75) is 32.4 Å². The largest absolute Gasteiger partial charge is 0.326 e. The minimum absolute atomic E-state index is 0.0851. The highest BCUT2D eigenvalue weighted by Gasteiger charge is 2.36. The van der Waals surface area contributed by atoms with Crippen LogP contribution in [0, 0.1) is 5.92 Å². The van der Waals surface area contributed by atoms with Gasteiger partial charge >= 0.3 is 0 Å². The maximum Gasteiger partial charge on any atom is 0.250 e. The summed E-state index contributed by atoms with van der Waals surface area (Å²) in [6, 6.07) is 26.3. The number of carbonyl (C=O) groups excluding carboxylic acids is 1. The molecule has 0 spiro atoms. The van der Waals surface area contributed by atoms with Gasteiger partial charge in [0.25, 0.3) is 5.56 Å². The normalized spacial score (nSPS) is 18.7. The van der Waals surface area contributed by atoms with Crippen LogP contribution in [0.3, 0.4) is 0 Å². The second-order valence-corrected chi connectivity index (χ2v) is 10.2. The summed E-state index contributed by atoms with van der Waals surface area (Å²) in [7, 11) is 0. The number of rotatable bonds is 5. The molecular weight excluding hydrogens is 460 g/mol. The van der Waals surface area contributed by atoms with Crippen LogP contribution in [0.4, 0.5) is 5.69 Å². The fraction of sp³-hybridized carbons (Fsp3) is 0.258. The van der Waals surface area contributed by atoms with Gasteiger partial charge in [-0.25, -0.2) is 0 Å². The molecule has 1 amide bonds. The fourth-order valence-electron chi connectivity index (χ4n) is 6.00. The van der Waals surface area contributed by atoms with Gasteiger partial charge in [-0.3, -0.25) is 19.5 Å². The molecule has 37 heavy (non-hydrogen) atoms. The lowest BCUT2D eigenvalue weighted by atomic mass is 9.80. The predicted molar refractivity (Wildman–Crippen MR) is 146 cm³/mol. The van der Waals surface area contributed by atoms with Gasteiger partial charge in [-0.2, -0.15) is 0 Å². The number of hydrogen-bond acceptors (Lipinski definition) is 4. The number of carbonyl (C=O) groups is 1. The van der Waals surface area contributed by atoms with E-state index in [-0.39, 0.29) is 11.5 Å². The molecule has 1 N–H and O–H groups in total. The van der Waals surface area contributed by atoms with Crippen molar-refractivity contribution in [3.05, 3.63) is 107 Å². The monoisotopic (exact) mass is 490 g/mol. The Balaban J connectivity index is 1.24. The van der Waals surface area contributed by atoms with Crippen molar-refractivity contribution in [2.75, 3.05) is 18.4 Å². The van der Waals surface area contributed by atoms with E-state index in [1.54, 1.807) is 6.07 Å². The van der Waals surface area contributed by atoms with E-state index in [4.69, 9.17) is 0 Å². The van der Waals surface area contributed by atoms with Gasteiger partial charge in [0.15, 0.2) is 0 Å². The van der Waals surface area contributed by atoms with E-state index in [2.05, 4.69) is 39.5 Å². The number of likely N-dealkylation sites (tertiary alicyclic amines) is 1. The third kappa shape index (κ3) is 4.85. The van der Waals surface area contributed by atoms with Gasteiger partial charge in [0.2, 0.25) is 5.91 Å². The molecule has 4 heterocycles. The van der Waals surface area contributed by atoms with Gasteiger partial charge in [0, 0.05) is 73.8 Å². The van der Waals surface area contributed by atoms with Crippen molar-refractivity contribution in [3.8, 4) is 22.4 Å². The third-order valence-electron chi connectivity index (χ3n) is 7.50. The molecule has 2 aromatic carbocycles. The summed E-state index contributed by atoms with van der Waals surface area (Å²) >= 11 is 0. The highest BCUT2D eigenvalue weighted by atomic mass is 16.1. The van der Waals surface area contributed by atoms with Crippen molar-refractivity contribution in [2.24, 2.45) is 5.92 Å². The first kappa shape index (κ1) is 23.4. The standard InChI is InChI=1S/C31H30N4O2/c1-21(36)33-27-11-9-24(10-12-27)28-13-14-30(37)35-19-23-16-26(31(28)35)20-34(18-23)17-22-5-7-25(8-6-22)29-4-2-3-15-32-29/h2-15,23,26H,16-20H2,1H3,(H,33,36)/t23-,26-/m0/s1. The van der Waals surface area contributed by atoms with Crippen LogP contribution in [0.25, 0.3) is 22.4 Å². The molecule has 0 radical (unpaired) electrons. The van der Waals surface area contributed by atoms with Gasteiger partial charge in [0.1, 0.15) is 0 Å². The minimum atomic E-state index is -0.0869. The van der Waals surface area contributed by atoms with Crippen LogP contribution < -0.4 is 10.9 Å². The van der Waals surface area contributed by atoms with Crippen molar-refractivity contribution < 1.29 is 4.79 Å². The van der Waals surface area contributed by atoms with Crippen molar-refractivity contribution >= 4 is 11.6 Å². The molecule has 2 atom stereocenters. The van der Waals surface area contributed by atoms with Gasteiger partial charge in [-0.05, 0) is 53.8 Å². The second kappa shape index (κ2) is 9.79. The first-order chi connectivity index (χ1) is 18.0. The van der Waals surface area contributed by atoms with Crippen LogP contribution in [0.5, 0.6) is 0 Å². The van der Waals surface area contributed by atoms with Gasteiger partial charge in [0.05, 0.1) is 5.69 Å². The molecule has 2 aliphatic heterocycles. The van der Waals surface area contributed by atoms with Crippen LogP contribution in [-0.2, 0) is 17.9 Å². The summed E-state index contributed by atoms with van der Waals surface area (Å²) in [5.41, 5.74) is 7.59. The molecule has 6 rings (SSSR count). The number of hydrogen-bond donors (Lipinski definition) is 1. The number of benzene rings is 2. The van der Waals surface area contributed by atoms with E-state index in [1.165, 1.54) is 12.5 Å². The first-order valence-corrected chi connectivity index (χ1v) is 12.9. The average molecular weight is 491 g/mol. The summed E-state index contributed by atoms with van der Waals surface area (Å²) in [6.45, 7) is 5.10. The molecule has 2 bridgehead atoms. The van der Waals surface area contributed by atoms with Crippen LogP contribution >= 0.6 is 0 Å². The Kier molecular flexibility index (Phi) is 6.18. The third-order valence-corrected chi connectivity index (χ3v) is 7.50. The predicted octanol–water partition coefficient (Wildman–Crippen LogP) is 5.16. The van der Waals surface area contributed by atoms with Crippen LogP contribution in [0.15, 0.2) is 89.9 Å². The van der Waals surface area contributed by atoms with Crippen LogP contribution in [-0.4, -0.2) is 33.4 Å². The summed E-state index contributed by atoms with van der Waals surface area (Å²) in [6.07, 6.45) is 2.93. The highest BCUT2D eigenvalue weighted by Crippen LogP contribution is 2.40. The zero-order valence-corrected chi connectivity index (χ0v) is 20.9. The Bertz CT molecular complexity index is 1480. The van der Waals surface area contributed by atoms with Gasteiger partial charge in [-0.1, -0.05) is 42.5 Å². The molecule has 0 unspecified atom stereocenters. The second-order valence-electron chi connectivity index (χ2n) is 10.2. The molecule has 0 saturated carbocycles. The molecule has 6 heteroatoms. The highest BCUT2D eigenvalue weighted by molar-refractivity contribution is 5.89. The SMILES string of the molecule is CC(=O)Nc1ccc(-c2ccc(=O)n3c2[C@H]2C[C@@H](CN(Cc4ccc(-c5ccccn5)cc4)C2)C3)cc1. The Morgan fingerprint density at radius 3 is 2.43 bits per heavy atom. The van der Waals surface area contributed by atoms with Gasteiger partial charge < -0.3 is 9.88 Å². The van der Waals surface area contributed by atoms with E-state index in [0.29, 0.717) is 11.8 Å². The molecule has 0 aliphatic carbocycles. The Labute approximate surface area is 216 Å². The Hall–Kier alpha value is -4.03. The summed E-state index contributed by atoms with van der Waals surface area (Å²) in [5.74, 6) is 0.685. The topological polar surface area (TPSA) is 67.2 Å². The van der Waals surface area contributed by atoms with Gasteiger partial charge in [-0.15, -0.1) is 0 Å². The quantitative estimate of drug-likeness (QED) is 0.420. The number of nitrogens with zero attached hydrogens (tertiary/aromatic N) is 3. The zero-order valence-electron chi connectivity index (χ0n) is 20.9. The van der Waals surface area contributed by atoms with Crippen LogP contribution in [0.1, 0.15) is 30.5 Å². The summed E-state index contributed by atoms with van der Waals surface area (Å²) in [4.78, 5) is 31.3. The fourth-order valence-corrected chi connectivity index (χ4v) is 6.00. The molecule has 4 aromatic rings. The lowest BCUT2D eigenvalue weighted by Gasteiger charge is -2.43. The maximum atomic E-state index is 12.9. The molecule has 2 aliphatic rings. The number of anilines is 1. The van der Waals surface area contributed by atoms with E-state index >= 15 is 0 Å². The minimum Gasteiger partial charge on any atom is -0.326 e. The number of amides is 1. The molecule has 1 saturated heterocycles. The number of nitrogens with one attached hydrogen (secondary N) is 1. The lowest BCUT2D eigenvalue weighted by molar-refractivity contribution is -0.114. The van der Waals surface area contributed by atoms with Crippen molar-refractivity contribution in [1.82, 2.24) is 14.5 Å². The maximum absolute atomic E-state index is 12.9. The molecular formula is C31H30N4O2. The van der Waals surface area contributed by atoms with Crippen molar-refractivity contribution in [3.63, 3.8) is 0 Å². The van der Waals surface area contributed by atoms with Crippen molar-refractivity contribution in [1.29, 1.82) is 0 Å². The smallest absolute Gasteiger partial charge is 0.250 e. The summed E-state index contributed by atoms with van der Waals surface area (Å²) in [5, 5.41) is 2.83. The van der Waals surface area contributed by atoms with E-state index in [1.807, 2.05) is 59.3 Å². The molecule has 1 fully saturated rings. The average Bonchev–Trinajstić information content (AvgIpc) is 2.90. The number of piperidine rings is 1. The molecule has 6 nitrogen and oxygen atoms in total. The Morgan fingerprint density at radius 2 is 1.70 bits per heavy atom. The van der Waals surface area contributed by atoms with E-state index in [0.717, 1.165) is 66.4 Å². The van der Waals surface area contributed by atoms with E-state index in [9.17, 15) is 9.59 Å². The summed E-state index contributed by atoms with van der Waals surface area (Å²) < 4.78 is 2.01. The molecule has 186 valence electrons.